The normalized spacial score (nSPS) is 13.4. The van der Waals surface area contributed by atoms with Crippen LogP contribution in [-0.2, 0) is 0 Å². The van der Waals surface area contributed by atoms with Crippen LogP contribution in [0.3, 0.4) is 0 Å². The lowest BCUT2D eigenvalue weighted by atomic mass is 10.0. The molecule has 154 valence electrons. The molecule has 26 heavy (non-hydrogen) atoms. The Hall–Kier alpha value is -0.560. The molecule has 0 saturated heterocycles. The minimum Gasteiger partial charge on any atom is -0.309 e. The van der Waals surface area contributed by atoms with Crippen molar-refractivity contribution in [2.45, 2.75) is 110 Å². The van der Waals surface area contributed by atoms with Gasteiger partial charge in [-0.2, -0.15) is 0 Å². The Bertz CT molecular complexity index is 316. The van der Waals surface area contributed by atoms with Crippen molar-refractivity contribution in [2.75, 3.05) is 20.6 Å². The van der Waals surface area contributed by atoms with Crippen LogP contribution < -0.4 is 0 Å². The predicted octanol–water partition coefficient (Wildman–Crippen LogP) is 8.17. The summed E-state index contributed by atoms with van der Waals surface area (Å²) in [6.07, 6.45) is 29.9. The average Bonchev–Trinajstić information content (AvgIpc) is 2.60. The highest BCUT2D eigenvalue weighted by Crippen LogP contribution is 2.14. The van der Waals surface area contributed by atoms with Crippen LogP contribution >= 0.6 is 0 Å². The third-order valence-electron chi connectivity index (χ3n) is 5.07. The molecule has 0 bridgehead atoms. The number of nitrogens with zero attached hydrogens (tertiary/aromatic N) is 1. The third-order valence-corrected chi connectivity index (χ3v) is 5.07. The Balaban J connectivity index is 3.20. The minimum atomic E-state index is 0.856. The highest BCUT2D eigenvalue weighted by atomic mass is 15.1. The highest BCUT2D eigenvalue weighted by Gasteiger charge is 2.02. The number of rotatable bonds is 19. The summed E-state index contributed by atoms with van der Waals surface area (Å²) in [7, 11) is 4.36. The van der Waals surface area contributed by atoms with Gasteiger partial charge in [-0.1, -0.05) is 95.9 Å². The molecule has 0 aromatic heterocycles. The van der Waals surface area contributed by atoms with E-state index in [9.17, 15) is 0 Å². The van der Waals surface area contributed by atoms with Crippen LogP contribution in [0.5, 0.6) is 0 Å². The van der Waals surface area contributed by atoms with Gasteiger partial charge >= 0.3 is 0 Å². The Morgan fingerprint density at radius 1 is 0.654 bits per heavy atom. The van der Waals surface area contributed by atoms with Crippen molar-refractivity contribution >= 4 is 0 Å². The van der Waals surface area contributed by atoms with Crippen molar-refractivity contribution in [3.63, 3.8) is 0 Å². The lowest BCUT2D eigenvalue weighted by Gasteiger charge is -2.16. The van der Waals surface area contributed by atoms with Gasteiger partial charge in [0.1, 0.15) is 0 Å². The van der Waals surface area contributed by atoms with Gasteiger partial charge in [0, 0.05) is 6.54 Å². The number of unbranched alkanes of at least 4 members (excludes halogenated alkanes) is 11. The van der Waals surface area contributed by atoms with E-state index >= 15 is 0 Å². The van der Waals surface area contributed by atoms with E-state index in [4.69, 9.17) is 0 Å². The van der Waals surface area contributed by atoms with Crippen LogP contribution in [0, 0.1) is 5.92 Å². The molecule has 1 unspecified atom stereocenters. The van der Waals surface area contributed by atoms with Gasteiger partial charge in [-0.25, -0.2) is 0 Å². The van der Waals surface area contributed by atoms with E-state index in [0.717, 1.165) is 12.3 Å². The highest BCUT2D eigenvalue weighted by molar-refractivity contribution is 4.92. The largest absolute Gasteiger partial charge is 0.309 e. The van der Waals surface area contributed by atoms with Crippen LogP contribution in [0.4, 0.5) is 0 Å². The first-order valence-corrected chi connectivity index (χ1v) is 11.6. The summed E-state index contributed by atoms with van der Waals surface area (Å²) in [5, 5.41) is 0. The Morgan fingerprint density at radius 3 is 1.69 bits per heavy atom. The molecule has 0 heterocycles. The molecule has 0 amide bonds. The van der Waals surface area contributed by atoms with Gasteiger partial charge in [-0.3, -0.25) is 0 Å². The second-order valence-electron chi connectivity index (χ2n) is 8.45. The maximum atomic E-state index is 2.39. The summed E-state index contributed by atoms with van der Waals surface area (Å²) in [6.45, 7) is 5.89. The SMILES string of the molecule is CCCCC/C=C\C/C=C\CCCCCCCCCCC(C)CN(C)C. The molecular formula is C25H49N. The van der Waals surface area contributed by atoms with Crippen molar-refractivity contribution in [3.8, 4) is 0 Å². The fourth-order valence-electron chi connectivity index (χ4n) is 3.55. The van der Waals surface area contributed by atoms with Crippen molar-refractivity contribution in [2.24, 2.45) is 5.92 Å². The van der Waals surface area contributed by atoms with Gasteiger partial charge in [0.2, 0.25) is 0 Å². The molecule has 1 atom stereocenters. The molecule has 0 spiro atoms. The Kier molecular flexibility index (Phi) is 20.3. The van der Waals surface area contributed by atoms with Crippen LogP contribution in [0.25, 0.3) is 0 Å². The molecule has 0 aliphatic carbocycles. The number of hydrogen-bond acceptors (Lipinski definition) is 1. The fraction of sp³-hybridized carbons (Fsp3) is 0.840. The molecule has 0 saturated carbocycles. The zero-order valence-corrected chi connectivity index (χ0v) is 18.6. The molecule has 1 nitrogen and oxygen atoms in total. The maximum absolute atomic E-state index is 2.39. The van der Waals surface area contributed by atoms with Gasteiger partial charge in [0.15, 0.2) is 0 Å². The van der Waals surface area contributed by atoms with E-state index in [2.05, 4.69) is 57.1 Å². The van der Waals surface area contributed by atoms with E-state index < -0.39 is 0 Å². The summed E-state index contributed by atoms with van der Waals surface area (Å²) in [5.74, 6) is 0.856. The molecular weight excluding hydrogens is 314 g/mol. The first kappa shape index (κ1) is 25.4. The number of allylic oxidation sites excluding steroid dienone is 4. The molecule has 0 aromatic carbocycles. The first-order chi connectivity index (χ1) is 12.7. The monoisotopic (exact) mass is 363 g/mol. The summed E-state index contributed by atoms with van der Waals surface area (Å²) in [6, 6.07) is 0. The fourth-order valence-corrected chi connectivity index (χ4v) is 3.55. The molecule has 0 fully saturated rings. The van der Waals surface area contributed by atoms with Gasteiger partial charge < -0.3 is 4.90 Å². The smallest absolute Gasteiger partial charge is 0.0000920 e. The molecule has 0 N–H and O–H groups in total. The minimum absolute atomic E-state index is 0.856. The van der Waals surface area contributed by atoms with Crippen molar-refractivity contribution in [1.82, 2.24) is 4.90 Å². The average molecular weight is 364 g/mol. The lowest BCUT2D eigenvalue weighted by Crippen LogP contribution is -2.19. The maximum Gasteiger partial charge on any atom is 0.0000920 e. The van der Waals surface area contributed by atoms with Crippen molar-refractivity contribution in [3.05, 3.63) is 24.3 Å². The summed E-state index contributed by atoms with van der Waals surface area (Å²) < 4.78 is 0. The molecule has 0 rings (SSSR count). The van der Waals surface area contributed by atoms with E-state index in [0.29, 0.717) is 0 Å². The zero-order valence-electron chi connectivity index (χ0n) is 18.6. The molecule has 1 heteroatoms. The van der Waals surface area contributed by atoms with Gasteiger partial charge in [0.05, 0.1) is 0 Å². The third kappa shape index (κ3) is 21.5. The van der Waals surface area contributed by atoms with Crippen molar-refractivity contribution < 1.29 is 0 Å². The second kappa shape index (κ2) is 20.7. The quantitative estimate of drug-likeness (QED) is 0.165. The lowest BCUT2D eigenvalue weighted by molar-refractivity contribution is 0.321. The Labute approximate surface area is 166 Å². The summed E-state index contributed by atoms with van der Waals surface area (Å²) in [5.41, 5.74) is 0. The molecule has 0 aliphatic rings. The Morgan fingerprint density at radius 2 is 1.15 bits per heavy atom. The standard InChI is InChI=1S/C25H49N/c1-5-6-7-8-9-10-11-12-13-14-15-16-17-18-19-20-21-22-23-25(2)24-26(3)4/h9-10,12-13,25H,5-8,11,14-24H2,1-4H3/b10-9-,13-12-. The molecule has 0 aromatic rings. The molecule has 0 radical (unpaired) electrons. The van der Waals surface area contributed by atoms with E-state index in [1.54, 1.807) is 0 Å². The topological polar surface area (TPSA) is 3.24 Å². The van der Waals surface area contributed by atoms with Crippen LogP contribution in [0.15, 0.2) is 24.3 Å². The van der Waals surface area contributed by atoms with Crippen molar-refractivity contribution in [1.29, 1.82) is 0 Å². The summed E-state index contributed by atoms with van der Waals surface area (Å²) in [4.78, 5) is 2.31. The van der Waals surface area contributed by atoms with Crippen LogP contribution in [0.1, 0.15) is 110 Å². The number of hydrogen-bond donors (Lipinski definition) is 0. The second-order valence-corrected chi connectivity index (χ2v) is 8.45. The van der Waals surface area contributed by atoms with Gasteiger partial charge in [-0.05, 0) is 58.5 Å². The van der Waals surface area contributed by atoms with Crippen LogP contribution in [-0.4, -0.2) is 25.5 Å². The zero-order chi connectivity index (χ0) is 19.3. The van der Waals surface area contributed by atoms with E-state index in [-0.39, 0.29) is 0 Å². The van der Waals surface area contributed by atoms with Gasteiger partial charge in [-0.15, -0.1) is 0 Å². The van der Waals surface area contributed by atoms with E-state index in [1.165, 1.54) is 96.4 Å². The van der Waals surface area contributed by atoms with Crippen LogP contribution in [0.2, 0.25) is 0 Å². The van der Waals surface area contributed by atoms with E-state index in [1.807, 2.05) is 0 Å². The van der Waals surface area contributed by atoms with Gasteiger partial charge in [0.25, 0.3) is 0 Å². The summed E-state index contributed by atoms with van der Waals surface area (Å²) >= 11 is 0. The molecule has 0 aliphatic heterocycles. The first-order valence-electron chi connectivity index (χ1n) is 11.6. The predicted molar refractivity (Wildman–Crippen MR) is 121 cm³/mol.